The van der Waals surface area contributed by atoms with Gasteiger partial charge in [-0.15, -0.1) is 11.8 Å². The predicted octanol–water partition coefficient (Wildman–Crippen LogP) is 3.92. The Bertz CT molecular complexity index is 816. The van der Waals surface area contributed by atoms with E-state index < -0.39 is 18.5 Å². The summed E-state index contributed by atoms with van der Waals surface area (Å²) in [6, 6.07) is 14.0. The maximum absolute atomic E-state index is 12.1. The van der Waals surface area contributed by atoms with E-state index in [-0.39, 0.29) is 10.6 Å². The highest BCUT2D eigenvalue weighted by atomic mass is 35.5. The lowest BCUT2D eigenvalue weighted by molar-refractivity contribution is -0.119. The standard InChI is InChI=1S/C18H15ClN2O3S/c1-25-14-6-7-16(19)15(10-14)18(23)24-11-17(22)21-13-4-2-12(3-5-13)8-9-20/h2-7,10H,8,11H2,1H3,(H,21,22). The van der Waals surface area contributed by atoms with Crippen LogP contribution in [0.3, 0.4) is 0 Å². The molecule has 2 aromatic rings. The molecule has 0 radical (unpaired) electrons. The van der Waals surface area contributed by atoms with Gasteiger partial charge < -0.3 is 10.1 Å². The Kier molecular flexibility index (Phi) is 6.87. The molecule has 2 aromatic carbocycles. The van der Waals surface area contributed by atoms with E-state index in [9.17, 15) is 9.59 Å². The van der Waals surface area contributed by atoms with Crippen molar-refractivity contribution in [3.05, 3.63) is 58.6 Å². The van der Waals surface area contributed by atoms with Gasteiger partial charge in [-0.3, -0.25) is 4.79 Å². The van der Waals surface area contributed by atoms with E-state index in [0.29, 0.717) is 12.1 Å². The van der Waals surface area contributed by atoms with Gasteiger partial charge in [0, 0.05) is 10.6 Å². The molecule has 0 bridgehead atoms. The van der Waals surface area contributed by atoms with E-state index in [2.05, 4.69) is 5.32 Å². The van der Waals surface area contributed by atoms with Gasteiger partial charge in [-0.25, -0.2) is 4.79 Å². The van der Waals surface area contributed by atoms with E-state index >= 15 is 0 Å². The highest BCUT2D eigenvalue weighted by Crippen LogP contribution is 2.23. The molecular weight excluding hydrogens is 360 g/mol. The predicted molar refractivity (Wildman–Crippen MR) is 97.9 cm³/mol. The number of rotatable bonds is 6. The summed E-state index contributed by atoms with van der Waals surface area (Å²) in [6.07, 6.45) is 2.19. The zero-order valence-electron chi connectivity index (χ0n) is 13.4. The second-order valence-electron chi connectivity index (χ2n) is 5.00. The van der Waals surface area contributed by atoms with Crippen molar-refractivity contribution in [2.75, 3.05) is 18.2 Å². The lowest BCUT2D eigenvalue weighted by Crippen LogP contribution is -2.21. The average molecular weight is 375 g/mol. The Morgan fingerprint density at radius 1 is 1.24 bits per heavy atom. The molecule has 25 heavy (non-hydrogen) atoms. The number of nitrogens with one attached hydrogen (secondary N) is 1. The normalized spacial score (nSPS) is 9.96. The number of amides is 1. The number of hydrogen-bond acceptors (Lipinski definition) is 5. The number of anilines is 1. The molecule has 0 saturated heterocycles. The van der Waals surface area contributed by atoms with Gasteiger partial charge >= 0.3 is 5.97 Å². The summed E-state index contributed by atoms with van der Waals surface area (Å²) in [5.74, 6) is -1.11. The third-order valence-electron chi connectivity index (χ3n) is 3.25. The zero-order valence-corrected chi connectivity index (χ0v) is 15.0. The van der Waals surface area contributed by atoms with Gasteiger partial charge in [-0.05, 0) is 42.2 Å². The number of carbonyl (C=O) groups is 2. The van der Waals surface area contributed by atoms with Gasteiger partial charge in [0.25, 0.3) is 5.91 Å². The fourth-order valence-electron chi connectivity index (χ4n) is 1.99. The first-order chi connectivity index (χ1) is 12.0. The molecule has 0 heterocycles. The smallest absolute Gasteiger partial charge is 0.340 e. The SMILES string of the molecule is CSc1ccc(Cl)c(C(=O)OCC(=O)Nc2ccc(CC#N)cc2)c1. The molecule has 1 N–H and O–H groups in total. The quantitative estimate of drug-likeness (QED) is 0.612. The number of nitriles is 1. The van der Waals surface area contributed by atoms with Crippen LogP contribution in [-0.2, 0) is 16.0 Å². The first kappa shape index (κ1) is 18.8. The summed E-state index contributed by atoms with van der Waals surface area (Å²) in [5.41, 5.74) is 1.64. The van der Waals surface area contributed by atoms with Crippen molar-refractivity contribution in [2.45, 2.75) is 11.3 Å². The molecule has 0 unspecified atom stereocenters. The third kappa shape index (κ3) is 5.52. The number of ether oxygens (including phenoxy) is 1. The molecule has 5 nitrogen and oxygen atoms in total. The minimum Gasteiger partial charge on any atom is -0.452 e. The van der Waals surface area contributed by atoms with Gasteiger partial charge in [0.05, 0.1) is 23.1 Å². The number of halogens is 1. The fourth-order valence-corrected chi connectivity index (χ4v) is 2.63. The van der Waals surface area contributed by atoms with Crippen LogP contribution in [0.4, 0.5) is 5.69 Å². The number of benzene rings is 2. The monoisotopic (exact) mass is 374 g/mol. The molecule has 0 aliphatic rings. The van der Waals surface area contributed by atoms with Gasteiger partial charge in [0.1, 0.15) is 0 Å². The molecule has 7 heteroatoms. The van der Waals surface area contributed by atoms with Crippen LogP contribution in [0, 0.1) is 11.3 Å². The number of esters is 1. The molecule has 0 atom stereocenters. The van der Waals surface area contributed by atoms with E-state index in [0.717, 1.165) is 10.5 Å². The topological polar surface area (TPSA) is 79.2 Å². The summed E-state index contributed by atoms with van der Waals surface area (Å²) in [7, 11) is 0. The molecule has 0 spiro atoms. The van der Waals surface area contributed by atoms with Crippen LogP contribution in [0.2, 0.25) is 5.02 Å². The van der Waals surface area contributed by atoms with E-state index in [1.807, 2.05) is 12.3 Å². The van der Waals surface area contributed by atoms with E-state index in [1.165, 1.54) is 11.8 Å². The summed E-state index contributed by atoms with van der Waals surface area (Å²) in [5, 5.41) is 11.5. The molecule has 128 valence electrons. The molecular formula is C18H15ClN2O3S. The third-order valence-corrected chi connectivity index (χ3v) is 4.30. The maximum atomic E-state index is 12.1. The average Bonchev–Trinajstić information content (AvgIpc) is 2.62. The summed E-state index contributed by atoms with van der Waals surface area (Å²) in [6.45, 7) is -0.418. The Hall–Kier alpha value is -2.49. The van der Waals surface area contributed by atoms with Crippen LogP contribution >= 0.6 is 23.4 Å². The van der Waals surface area contributed by atoms with E-state index in [4.69, 9.17) is 21.6 Å². The minimum atomic E-state index is -0.652. The first-order valence-corrected chi connectivity index (χ1v) is 8.90. The van der Waals surface area contributed by atoms with Crippen molar-refractivity contribution in [3.8, 4) is 6.07 Å². The number of hydrogen-bond donors (Lipinski definition) is 1. The number of carbonyl (C=O) groups excluding carboxylic acids is 2. The molecule has 2 rings (SSSR count). The highest BCUT2D eigenvalue weighted by Gasteiger charge is 2.14. The Labute approximate surface area is 154 Å². The number of thioether (sulfide) groups is 1. The number of nitrogens with zero attached hydrogens (tertiary/aromatic N) is 1. The van der Waals surface area contributed by atoms with Crippen molar-refractivity contribution >= 4 is 40.9 Å². The lowest BCUT2D eigenvalue weighted by Gasteiger charge is -2.08. The molecule has 0 fully saturated rings. The van der Waals surface area contributed by atoms with Crippen molar-refractivity contribution in [2.24, 2.45) is 0 Å². The zero-order chi connectivity index (χ0) is 18.2. The molecule has 0 aliphatic carbocycles. The van der Waals surface area contributed by atoms with E-state index in [1.54, 1.807) is 42.5 Å². The maximum Gasteiger partial charge on any atom is 0.340 e. The van der Waals surface area contributed by atoms with Gasteiger partial charge in [0.2, 0.25) is 0 Å². The van der Waals surface area contributed by atoms with Gasteiger partial charge in [-0.2, -0.15) is 5.26 Å². The second kappa shape index (κ2) is 9.11. The largest absolute Gasteiger partial charge is 0.452 e. The van der Waals surface area contributed by atoms with Crippen LogP contribution in [0.25, 0.3) is 0 Å². The minimum absolute atomic E-state index is 0.224. The lowest BCUT2D eigenvalue weighted by atomic mass is 10.1. The van der Waals surface area contributed by atoms with Crippen LogP contribution in [0.15, 0.2) is 47.4 Å². The molecule has 0 saturated carbocycles. The van der Waals surface area contributed by atoms with Crippen molar-refractivity contribution in [1.29, 1.82) is 5.26 Å². The molecule has 0 aromatic heterocycles. The van der Waals surface area contributed by atoms with Crippen molar-refractivity contribution < 1.29 is 14.3 Å². The van der Waals surface area contributed by atoms with Gasteiger partial charge in [-0.1, -0.05) is 23.7 Å². The van der Waals surface area contributed by atoms with Crippen LogP contribution < -0.4 is 5.32 Å². The Morgan fingerprint density at radius 2 is 1.96 bits per heavy atom. The van der Waals surface area contributed by atoms with Crippen molar-refractivity contribution in [1.82, 2.24) is 0 Å². The highest BCUT2D eigenvalue weighted by molar-refractivity contribution is 7.98. The van der Waals surface area contributed by atoms with Crippen LogP contribution in [0.1, 0.15) is 15.9 Å². The summed E-state index contributed by atoms with van der Waals surface area (Å²) >= 11 is 7.47. The first-order valence-electron chi connectivity index (χ1n) is 7.30. The summed E-state index contributed by atoms with van der Waals surface area (Å²) in [4.78, 5) is 24.8. The van der Waals surface area contributed by atoms with Crippen LogP contribution in [-0.4, -0.2) is 24.7 Å². The summed E-state index contributed by atoms with van der Waals surface area (Å²) < 4.78 is 5.02. The van der Waals surface area contributed by atoms with Crippen molar-refractivity contribution in [3.63, 3.8) is 0 Å². The Balaban J connectivity index is 1.91. The molecule has 1 amide bonds. The second-order valence-corrected chi connectivity index (χ2v) is 6.29. The van der Waals surface area contributed by atoms with Crippen LogP contribution in [0.5, 0.6) is 0 Å². The molecule has 0 aliphatic heterocycles. The fraction of sp³-hybridized carbons (Fsp3) is 0.167. The van der Waals surface area contributed by atoms with Gasteiger partial charge in [0.15, 0.2) is 6.61 Å². The Morgan fingerprint density at radius 3 is 2.60 bits per heavy atom.